The third kappa shape index (κ3) is 2.82. The molecule has 1 fully saturated rings. The van der Waals surface area contributed by atoms with Crippen LogP contribution in [0.4, 0.5) is 0 Å². The second-order valence-corrected chi connectivity index (χ2v) is 5.97. The minimum absolute atomic E-state index is 0.0318. The number of amides is 1. The van der Waals surface area contributed by atoms with Gasteiger partial charge in [-0.3, -0.25) is 4.79 Å². The molecule has 1 aliphatic rings. The van der Waals surface area contributed by atoms with E-state index in [-0.39, 0.29) is 18.4 Å². The number of likely N-dealkylation sites (tertiary alicyclic amines) is 1. The molecule has 6 nitrogen and oxygen atoms in total. The van der Waals surface area contributed by atoms with Crippen molar-refractivity contribution in [3.63, 3.8) is 0 Å². The van der Waals surface area contributed by atoms with E-state index in [9.17, 15) is 4.79 Å². The minimum Gasteiger partial charge on any atom is -0.484 e. The predicted molar refractivity (Wildman–Crippen MR) is 87.8 cm³/mol. The van der Waals surface area contributed by atoms with Gasteiger partial charge in [0.1, 0.15) is 5.75 Å². The fourth-order valence-corrected chi connectivity index (χ4v) is 2.81. The molecule has 1 aliphatic heterocycles. The van der Waals surface area contributed by atoms with Crippen molar-refractivity contribution in [1.29, 1.82) is 0 Å². The highest BCUT2D eigenvalue weighted by Crippen LogP contribution is 2.26. The van der Waals surface area contributed by atoms with Gasteiger partial charge in [-0.2, -0.15) is 4.98 Å². The van der Waals surface area contributed by atoms with Gasteiger partial charge in [0.15, 0.2) is 12.4 Å². The van der Waals surface area contributed by atoms with Crippen molar-refractivity contribution in [2.75, 3.05) is 19.7 Å². The molecule has 0 radical (unpaired) electrons. The highest BCUT2D eigenvalue weighted by atomic mass is 16.5. The summed E-state index contributed by atoms with van der Waals surface area (Å²) in [5.41, 5.74) is 0. The normalized spacial score (nSPS) is 14.6. The molecule has 4 rings (SSSR count). The van der Waals surface area contributed by atoms with Crippen LogP contribution in [0.5, 0.6) is 5.75 Å². The van der Waals surface area contributed by atoms with E-state index in [0.717, 1.165) is 10.8 Å². The van der Waals surface area contributed by atoms with Crippen molar-refractivity contribution in [1.82, 2.24) is 15.0 Å². The third-order valence-electron chi connectivity index (χ3n) is 4.21. The lowest BCUT2D eigenvalue weighted by Gasteiger charge is -2.36. The van der Waals surface area contributed by atoms with Gasteiger partial charge >= 0.3 is 0 Å². The Morgan fingerprint density at radius 1 is 1.25 bits per heavy atom. The Hall–Kier alpha value is -2.89. The van der Waals surface area contributed by atoms with Crippen LogP contribution >= 0.6 is 0 Å². The first-order valence-corrected chi connectivity index (χ1v) is 7.88. The molecule has 0 saturated carbocycles. The number of nitrogens with zero attached hydrogens (tertiary/aromatic N) is 3. The number of hydrogen-bond donors (Lipinski definition) is 0. The number of aryl methyl sites for hydroxylation is 1. The van der Waals surface area contributed by atoms with Crippen molar-refractivity contribution in [2.45, 2.75) is 12.8 Å². The van der Waals surface area contributed by atoms with E-state index in [4.69, 9.17) is 9.26 Å². The first-order valence-electron chi connectivity index (χ1n) is 7.88. The summed E-state index contributed by atoms with van der Waals surface area (Å²) in [7, 11) is 0. The van der Waals surface area contributed by atoms with Crippen LogP contribution in [0.25, 0.3) is 10.8 Å². The van der Waals surface area contributed by atoms with Gasteiger partial charge in [-0.1, -0.05) is 35.5 Å². The topological polar surface area (TPSA) is 68.5 Å². The zero-order valence-electron chi connectivity index (χ0n) is 13.3. The average Bonchev–Trinajstić information content (AvgIpc) is 2.97. The molecule has 6 heteroatoms. The van der Waals surface area contributed by atoms with Crippen LogP contribution in [0.2, 0.25) is 0 Å². The summed E-state index contributed by atoms with van der Waals surface area (Å²) in [6, 6.07) is 13.9. The molecule has 1 aromatic heterocycles. The number of carbonyl (C=O) groups is 1. The van der Waals surface area contributed by atoms with Crippen LogP contribution in [0.1, 0.15) is 17.6 Å². The summed E-state index contributed by atoms with van der Waals surface area (Å²) in [4.78, 5) is 18.1. The van der Waals surface area contributed by atoms with Gasteiger partial charge < -0.3 is 14.2 Å². The Kier molecular flexibility index (Phi) is 3.65. The van der Waals surface area contributed by atoms with Crippen molar-refractivity contribution in [3.8, 4) is 5.75 Å². The molecule has 0 aliphatic carbocycles. The first kappa shape index (κ1) is 14.7. The molecular formula is C18H17N3O3. The van der Waals surface area contributed by atoms with E-state index in [1.54, 1.807) is 11.8 Å². The van der Waals surface area contributed by atoms with Gasteiger partial charge in [0, 0.05) is 13.1 Å². The van der Waals surface area contributed by atoms with Crippen molar-refractivity contribution < 1.29 is 14.1 Å². The minimum atomic E-state index is -0.0318. The molecular weight excluding hydrogens is 306 g/mol. The zero-order valence-corrected chi connectivity index (χ0v) is 13.3. The van der Waals surface area contributed by atoms with Gasteiger partial charge in [0.05, 0.1) is 5.92 Å². The number of hydrogen-bond acceptors (Lipinski definition) is 5. The van der Waals surface area contributed by atoms with Crippen molar-refractivity contribution >= 4 is 16.7 Å². The van der Waals surface area contributed by atoms with Crippen LogP contribution in [0, 0.1) is 6.92 Å². The van der Waals surface area contributed by atoms with E-state index in [1.165, 1.54) is 0 Å². The van der Waals surface area contributed by atoms with E-state index in [1.807, 2.05) is 42.5 Å². The Morgan fingerprint density at radius 3 is 2.79 bits per heavy atom. The van der Waals surface area contributed by atoms with E-state index in [0.29, 0.717) is 30.6 Å². The fourth-order valence-electron chi connectivity index (χ4n) is 2.81. The highest BCUT2D eigenvalue weighted by molar-refractivity contribution is 5.84. The first-order chi connectivity index (χ1) is 11.7. The van der Waals surface area contributed by atoms with Gasteiger partial charge in [-0.05, 0) is 29.8 Å². The van der Waals surface area contributed by atoms with E-state index >= 15 is 0 Å². The summed E-state index contributed by atoms with van der Waals surface area (Å²) < 4.78 is 10.8. The second-order valence-electron chi connectivity index (χ2n) is 5.97. The average molecular weight is 323 g/mol. The highest BCUT2D eigenvalue weighted by Gasteiger charge is 2.35. The summed E-state index contributed by atoms with van der Waals surface area (Å²) in [5.74, 6) is 2.03. The Morgan fingerprint density at radius 2 is 2.04 bits per heavy atom. The molecule has 1 saturated heterocycles. The third-order valence-corrected chi connectivity index (χ3v) is 4.21. The zero-order chi connectivity index (χ0) is 16.5. The largest absolute Gasteiger partial charge is 0.484 e. The van der Waals surface area contributed by atoms with Crippen molar-refractivity contribution in [2.24, 2.45) is 0 Å². The number of fused-ring (bicyclic) bond motifs is 1. The lowest BCUT2D eigenvalue weighted by molar-refractivity contribution is -0.138. The molecule has 0 N–H and O–H groups in total. The second kappa shape index (κ2) is 5.96. The molecule has 0 spiro atoms. The molecule has 0 bridgehead atoms. The van der Waals surface area contributed by atoms with E-state index in [2.05, 4.69) is 10.1 Å². The van der Waals surface area contributed by atoms with Crippen LogP contribution in [0.3, 0.4) is 0 Å². The smallest absolute Gasteiger partial charge is 0.260 e. The molecule has 122 valence electrons. The Labute approximate surface area is 139 Å². The van der Waals surface area contributed by atoms with Gasteiger partial charge in [-0.25, -0.2) is 0 Å². The standard InChI is InChI=1S/C18H17N3O3/c1-12-19-18(24-20-12)15-9-21(10-15)17(22)11-23-16-7-6-13-4-2-3-5-14(13)8-16/h2-8,15H,9-11H2,1H3. The molecule has 24 heavy (non-hydrogen) atoms. The molecule has 0 atom stereocenters. The van der Waals surface area contributed by atoms with Gasteiger partial charge in [0.2, 0.25) is 5.89 Å². The number of benzene rings is 2. The molecule has 1 amide bonds. The number of aromatic nitrogens is 2. The van der Waals surface area contributed by atoms with Crippen LogP contribution < -0.4 is 4.74 Å². The quantitative estimate of drug-likeness (QED) is 0.738. The predicted octanol–water partition coefficient (Wildman–Crippen LogP) is 2.54. The molecule has 0 unspecified atom stereocenters. The fraction of sp³-hybridized carbons (Fsp3) is 0.278. The maximum Gasteiger partial charge on any atom is 0.260 e. The SMILES string of the molecule is Cc1noc(C2CN(C(=O)COc3ccc4ccccc4c3)C2)n1. The lowest BCUT2D eigenvalue weighted by Crippen LogP contribution is -2.50. The van der Waals surface area contributed by atoms with Gasteiger partial charge in [-0.15, -0.1) is 0 Å². The molecule has 2 heterocycles. The molecule has 2 aromatic carbocycles. The van der Waals surface area contributed by atoms with Crippen LogP contribution in [-0.4, -0.2) is 40.6 Å². The van der Waals surface area contributed by atoms with Crippen LogP contribution in [-0.2, 0) is 4.79 Å². The summed E-state index contributed by atoms with van der Waals surface area (Å²) in [6.45, 7) is 3.02. The molecule has 3 aromatic rings. The maximum absolute atomic E-state index is 12.2. The number of rotatable bonds is 4. The monoisotopic (exact) mass is 323 g/mol. The van der Waals surface area contributed by atoms with Gasteiger partial charge in [0.25, 0.3) is 5.91 Å². The number of carbonyl (C=O) groups excluding carboxylic acids is 1. The van der Waals surface area contributed by atoms with E-state index < -0.39 is 0 Å². The Bertz CT molecular complexity index is 884. The Balaban J connectivity index is 1.32. The number of ether oxygens (including phenoxy) is 1. The lowest BCUT2D eigenvalue weighted by atomic mass is 10.0. The summed E-state index contributed by atoms with van der Waals surface area (Å²) in [5, 5.41) is 6.02. The summed E-state index contributed by atoms with van der Waals surface area (Å²) in [6.07, 6.45) is 0. The van der Waals surface area contributed by atoms with Crippen molar-refractivity contribution in [3.05, 3.63) is 54.2 Å². The summed E-state index contributed by atoms with van der Waals surface area (Å²) >= 11 is 0. The van der Waals surface area contributed by atoms with Crippen LogP contribution in [0.15, 0.2) is 47.0 Å². The maximum atomic E-state index is 12.2.